The van der Waals surface area contributed by atoms with Crippen LogP contribution in [0.15, 0.2) is 47.9 Å². The van der Waals surface area contributed by atoms with Gasteiger partial charge in [-0.3, -0.25) is 4.79 Å². The molecule has 3 aromatic rings. The van der Waals surface area contributed by atoms with Gasteiger partial charge in [-0.1, -0.05) is 30.0 Å². The van der Waals surface area contributed by atoms with Crippen LogP contribution in [-0.2, 0) is 14.6 Å². The van der Waals surface area contributed by atoms with Crippen molar-refractivity contribution in [2.75, 3.05) is 18.1 Å². The first-order chi connectivity index (χ1) is 14.4. The predicted molar refractivity (Wildman–Crippen MR) is 116 cm³/mol. The molecule has 8 nitrogen and oxygen atoms in total. The van der Waals surface area contributed by atoms with E-state index in [1.807, 2.05) is 44.2 Å². The maximum absolute atomic E-state index is 13.1. The summed E-state index contributed by atoms with van der Waals surface area (Å²) in [5.41, 5.74) is 1.57. The summed E-state index contributed by atoms with van der Waals surface area (Å²) >= 11 is 1.35. The molecular weight excluding hydrogens is 422 g/mol. The summed E-state index contributed by atoms with van der Waals surface area (Å²) in [4.78, 5) is 23.5. The smallest absolute Gasteiger partial charge is 0.236 e. The minimum Gasteiger partial charge on any atom is -0.338 e. The number of hydrogen-bond donors (Lipinski definition) is 0. The lowest BCUT2D eigenvalue weighted by atomic mass is 10.2. The fourth-order valence-corrected chi connectivity index (χ4v) is 6.42. The highest BCUT2D eigenvalue weighted by Crippen LogP contribution is 2.30. The fourth-order valence-electron chi connectivity index (χ4n) is 3.74. The highest BCUT2D eigenvalue weighted by Gasteiger charge is 2.35. The predicted octanol–water partition coefficient (Wildman–Crippen LogP) is 2.33. The molecule has 2 aromatic heterocycles. The van der Waals surface area contributed by atoms with Gasteiger partial charge in [0, 0.05) is 12.6 Å². The molecule has 1 aromatic carbocycles. The van der Waals surface area contributed by atoms with Crippen molar-refractivity contribution in [2.24, 2.45) is 0 Å². The van der Waals surface area contributed by atoms with Crippen molar-refractivity contribution in [1.29, 1.82) is 0 Å². The van der Waals surface area contributed by atoms with E-state index in [2.05, 4.69) is 15.1 Å². The number of nitrogens with zero attached hydrogens (tertiary/aromatic N) is 5. The number of aromatic nitrogens is 4. The number of hydrogen-bond acceptors (Lipinski definition) is 7. The Kier molecular flexibility index (Phi) is 5.79. The van der Waals surface area contributed by atoms with Crippen LogP contribution < -0.4 is 0 Å². The number of carbonyl (C=O) groups is 1. The Morgan fingerprint density at radius 3 is 2.73 bits per heavy atom. The van der Waals surface area contributed by atoms with Gasteiger partial charge in [-0.25, -0.2) is 23.1 Å². The third-order valence-corrected chi connectivity index (χ3v) is 8.09. The normalized spacial score (nSPS) is 19.1. The van der Waals surface area contributed by atoms with Gasteiger partial charge in [0.15, 0.2) is 15.5 Å². The maximum atomic E-state index is 13.1. The first kappa shape index (κ1) is 20.8. The number of fused-ring (bicyclic) bond motifs is 1. The molecule has 0 N–H and O–H groups in total. The number of thioether (sulfide) groups is 1. The summed E-state index contributed by atoms with van der Waals surface area (Å²) < 4.78 is 25.4. The molecule has 2 atom stereocenters. The van der Waals surface area contributed by atoms with E-state index in [9.17, 15) is 13.2 Å². The largest absolute Gasteiger partial charge is 0.338 e. The summed E-state index contributed by atoms with van der Waals surface area (Å²) in [6.07, 6.45) is 3.69. The molecule has 0 saturated carbocycles. The van der Waals surface area contributed by atoms with Crippen LogP contribution in [0.5, 0.6) is 0 Å². The highest BCUT2D eigenvalue weighted by molar-refractivity contribution is 8.00. The maximum Gasteiger partial charge on any atom is 0.236 e. The third-order valence-electron chi connectivity index (χ3n) is 5.24. The van der Waals surface area contributed by atoms with Crippen molar-refractivity contribution in [1.82, 2.24) is 24.6 Å². The molecule has 10 heteroatoms. The van der Waals surface area contributed by atoms with E-state index in [1.54, 1.807) is 15.8 Å². The monoisotopic (exact) mass is 445 g/mol. The van der Waals surface area contributed by atoms with Crippen LogP contribution >= 0.6 is 11.8 Å². The van der Waals surface area contributed by atoms with Gasteiger partial charge in [0.05, 0.1) is 34.0 Å². The van der Waals surface area contributed by atoms with E-state index in [0.717, 1.165) is 11.1 Å². The van der Waals surface area contributed by atoms with Crippen LogP contribution in [0.1, 0.15) is 20.3 Å². The molecular formula is C20H23N5O3S2. The molecule has 3 heterocycles. The van der Waals surface area contributed by atoms with Gasteiger partial charge in [0.2, 0.25) is 5.91 Å². The second kappa shape index (κ2) is 8.35. The van der Waals surface area contributed by atoms with Crippen LogP contribution in [0.2, 0.25) is 0 Å². The lowest BCUT2D eigenvalue weighted by molar-refractivity contribution is -0.131. The van der Waals surface area contributed by atoms with E-state index in [4.69, 9.17) is 0 Å². The summed E-state index contributed by atoms with van der Waals surface area (Å²) in [6, 6.07) is 9.45. The average molecular weight is 446 g/mol. The molecule has 2 unspecified atom stereocenters. The lowest BCUT2D eigenvalue weighted by Gasteiger charge is -2.29. The molecule has 0 spiro atoms. The third kappa shape index (κ3) is 4.06. The van der Waals surface area contributed by atoms with E-state index >= 15 is 0 Å². The van der Waals surface area contributed by atoms with E-state index in [-0.39, 0.29) is 23.5 Å². The van der Waals surface area contributed by atoms with Crippen molar-refractivity contribution in [2.45, 2.75) is 36.6 Å². The molecule has 1 fully saturated rings. The van der Waals surface area contributed by atoms with Crippen LogP contribution in [0.4, 0.5) is 0 Å². The zero-order valence-corrected chi connectivity index (χ0v) is 18.4. The van der Waals surface area contributed by atoms with Crippen LogP contribution in [0.3, 0.4) is 0 Å². The summed E-state index contributed by atoms with van der Waals surface area (Å²) in [7, 11) is -3.05. The molecule has 0 bridgehead atoms. The zero-order chi connectivity index (χ0) is 21.3. The van der Waals surface area contributed by atoms with Gasteiger partial charge in [0.25, 0.3) is 0 Å². The molecule has 1 amide bonds. The van der Waals surface area contributed by atoms with Gasteiger partial charge in [0.1, 0.15) is 11.4 Å². The molecule has 0 radical (unpaired) electrons. The molecule has 4 rings (SSSR count). The van der Waals surface area contributed by atoms with E-state index < -0.39 is 15.1 Å². The number of benzene rings is 1. The van der Waals surface area contributed by atoms with Gasteiger partial charge in [-0.15, -0.1) is 0 Å². The number of rotatable bonds is 6. The Morgan fingerprint density at radius 2 is 2.07 bits per heavy atom. The van der Waals surface area contributed by atoms with Crippen molar-refractivity contribution in [3.63, 3.8) is 0 Å². The van der Waals surface area contributed by atoms with E-state index in [0.29, 0.717) is 23.6 Å². The summed E-state index contributed by atoms with van der Waals surface area (Å²) in [5.74, 6) is 0.117. The average Bonchev–Trinajstić information content (AvgIpc) is 3.33. The minimum atomic E-state index is -3.05. The van der Waals surface area contributed by atoms with Crippen molar-refractivity contribution < 1.29 is 13.2 Å². The second-order valence-electron chi connectivity index (χ2n) is 7.25. The molecule has 1 aliphatic rings. The summed E-state index contributed by atoms with van der Waals surface area (Å²) in [6.45, 7) is 4.19. The molecule has 1 aliphatic heterocycles. The quantitative estimate of drug-likeness (QED) is 0.424. The Morgan fingerprint density at radius 1 is 1.30 bits per heavy atom. The topological polar surface area (TPSA) is 98.1 Å². The number of carbonyl (C=O) groups excluding carboxylic acids is 1. The van der Waals surface area contributed by atoms with Crippen molar-refractivity contribution in [3.8, 4) is 5.69 Å². The Labute approximate surface area is 179 Å². The fraction of sp³-hybridized carbons (Fsp3) is 0.400. The molecule has 158 valence electrons. The van der Waals surface area contributed by atoms with Gasteiger partial charge in [-0.05, 0) is 32.4 Å². The Hall–Kier alpha value is -2.46. The Balaban J connectivity index is 1.56. The van der Waals surface area contributed by atoms with Gasteiger partial charge >= 0.3 is 0 Å². The van der Waals surface area contributed by atoms with Crippen LogP contribution in [-0.4, -0.2) is 68.3 Å². The first-order valence-corrected chi connectivity index (χ1v) is 12.5. The van der Waals surface area contributed by atoms with Crippen molar-refractivity contribution in [3.05, 3.63) is 42.9 Å². The van der Waals surface area contributed by atoms with Gasteiger partial charge < -0.3 is 4.90 Å². The lowest BCUT2D eigenvalue weighted by Crippen LogP contribution is -2.44. The van der Waals surface area contributed by atoms with Crippen molar-refractivity contribution >= 4 is 38.5 Å². The first-order valence-electron chi connectivity index (χ1n) is 9.81. The number of amides is 1. The van der Waals surface area contributed by atoms with E-state index in [1.165, 1.54) is 18.1 Å². The SMILES string of the molecule is CCN(C(=O)C(C)Sc1ncnc2c1cnn2-c1ccccc1)C1CCS(=O)(=O)C1. The minimum absolute atomic E-state index is 0.0472. The summed E-state index contributed by atoms with van der Waals surface area (Å²) in [5, 5.41) is 5.49. The molecule has 30 heavy (non-hydrogen) atoms. The van der Waals surface area contributed by atoms with Crippen LogP contribution in [0, 0.1) is 0 Å². The zero-order valence-electron chi connectivity index (χ0n) is 16.8. The van der Waals surface area contributed by atoms with Crippen LogP contribution in [0.25, 0.3) is 16.7 Å². The Bertz CT molecular complexity index is 1160. The highest BCUT2D eigenvalue weighted by atomic mass is 32.2. The number of sulfone groups is 1. The van der Waals surface area contributed by atoms with Gasteiger partial charge in [-0.2, -0.15) is 5.10 Å². The standard InChI is InChI=1S/C20H23N5O3S2/c1-3-24(16-9-10-30(27,28)12-16)20(26)14(2)29-19-17-11-23-25(18(17)21-13-22-19)15-7-5-4-6-8-15/h4-8,11,13-14,16H,3,9-10,12H2,1-2H3. The molecule has 1 saturated heterocycles. The second-order valence-corrected chi connectivity index (χ2v) is 10.8. The number of para-hydroxylation sites is 1. The molecule has 0 aliphatic carbocycles.